The van der Waals surface area contributed by atoms with E-state index < -0.39 is 11.6 Å². The molecule has 0 aromatic heterocycles. The van der Waals surface area contributed by atoms with Crippen LogP contribution in [0, 0.1) is 11.6 Å². The summed E-state index contributed by atoms with van der Waals surface area (Å²) in [4.78, 5) is 0. The molecule has 0 saturated heterocycles. The van der Waals surface area contributed by atoms with E-state index >= 15 is 0 Å². The summed E-state index contributed by atoms with van der Waals surface area (Å²) in [5, 5.41) is 0. The van der Waals surface area contributed by atoms with Gasteiger partial charge in [-0.2, -0.15) is 0 Å². The van der Waals surface area contributed by atoms with Crippen molar-refractivity contribution in [3.8, 4) is 11.1 Å². The third-order valence-corrected chi connectivity index (χ3v) is 2.20. The van der Waals surface area contributed by atoms with Gasteiger partial charge in [0, 0.05) is 5.56 Å². The predicted molar refractivity (Wildman–Crippen MR) is 56.2 cm³/mol. The van der Waals surface area contributed by atoms with Crippen molar-refractivity contribution in [1.82, 2.24) is 0 Å². The molecule has 2 N–H and O–H groups in total. The van der Waals surface area contributed by atoms with Crippen LogP contribution in [0.2, 0.25) is 0 Å². The number of anilines is 1. The zero-order valence-corrected chi connectivity index (χ0v) is 7.87. The second-order valence-electron chi connectivity index (χ2n) is 3.20. The highest BCUT2D eigenvalue weighted by atomic mass is 19.2. The van der Waals surface area contributed by atoms with Gasteiger partial charge in [0.1, 0.15) is 0 Å². The van der Waals surface area contributed by atoms with Crippen molar-refractivity contribution < 1.29 is 8.78 Å². The highest BCUT2D eigenvalue weighted by Crippen LogP contribution is 2.26. The molecule has 0 fully saturated rings. The normalized spacial score (nSPS) is 10.3. The number of hydrogen-bond acceptors (Lipinski definition) is 1. The van der Waals surface area contributed by atoms with Crippen LogP contribution in [-0.4, -0.2) is 0 Å². The van der Waals surface area contributed by atoms with E-state index in [1.807, 2.05) is 6.07 Å². The summed E-state index contributed by atoms with van der Waals surface area (Å²) in [5.74, 6) is -1.89. The minimum absolute atomic E-state index is 0.174. The van der Waals surface area contributed by atoms with E-state index in [9.17, 15) is 8.78 Å². The first-order chi connectivity index (χ1) is 7.20. The van der Waals surface area contributed by atoms with Gasteiger partial charge < -0.3 is 5.73 Å². The van der Waals surface area contributed by atoms with Crippen LogP contribution in [0.25, 0.3) is 11.1 Å². The maximum absolute atomic E-state index is 13.5. The van der Waals surface area contributed by atoms with Crippen molar-refractivity contribution in [2.24, 2.45) is 0 Å². The van der Waals surface area contributed by atoms with Crippen LogP contribution >= 0.6 is 0 Å². The molecule has 2 aromatic carbocycles. The number of hydrogen-bond donors (Lipinski definition) is 1. The summed E-state index contributed by atoms with van der Waals surface area (Å²) in [6.45, 7) is 0. The Kier molecular flexibility index (Phi) is 2.37. The highest BCUT2D eigenvalue weighted by molar-refractivity contribution is 5.66. The number of nitrogens with two attached hydrogens (primary N) is 1. The number of halogens is 2. The van der Waals surface area contributed by atoms with Crippen molar-refractivity contribution in [2.75, 3.05) is 5.73 Å². The molecule has 0 unspecified atom stereocenters. The number of nitrogen functional groups attached to an aromatic ring is 1. The Balaban J connectivity index is 2.60. The van der Waals surface area contributed by atoms with E-state index in [1.54, 1.807) is 24.3 Å². The van der Waals surface area contributed by atoms with Crippen molar-refractivity contribution in [3.05, 3.63) is 54.1 Å². The molecule has 1 nitrogen and oxygen atoms in total. The summed E-state index contributed by atoms with van der Waals surface area (Å²) in [7, 11) is 0. The molecule has 0 amide bonds. The van der Waals surface area contributed by atoms with E-state index in [0.717, 1.165) is 0 Å². The van der Waals surface area contributed by atoms with Gasteiger partial charge in [0.05, 0.1) is 5.69 Å². The SMILES string of the molecule is Nc1ccc(-c2ccccc2)c(F)c1F. The Morgan fingerprint density at radius 1 is 0.800 bits per heavy atom. The molecule has 0 radical (unpaired) electrons. The molecule has 2 aromatic rings. The predicted octanol–water partition coefficient (Wildman–Crippen LogP) is 3.21. The van der Waals surface area contributed by atoms with E-state index in [0.29, 0.717) is 5.56 Å². The third kappa shape index (κ3) is 1.68. The molecule has 76 valence electrons. The van der Waals surface area contributed by atoms with Crippen molar-refractivity contribution in [3.63, 3.8) is 0 Å². The van der Waals surface area contributed by atoms with Crippen LogP contribution < -0.4 is 5.73 Å². The van der Waals surface area contributed by atoms with Gasteiger partial charge in [-0.05, 0) is 17.7 Å². The maximum atomic E-state index is 13.5. The van der Waals surface area contributed by atoms with Crippen molar-refractivity contribution >= 4 is 5.69 Å². The Bertz CT molecular complexity index is 480. The molecular weight excluding hydrogens is 196 g/mol. The molecule has 0 spiro atoms. The summed E-state index contributed by atoms with van der Waals surface area (Å²) in [6.07, 6.45) is 0. The molecule has 0 saturated carbocycles. The van der Waals surface area contributed by atoms with E-state index in [-0.39, 0.29) is 11.3 Å². The Labute approximate surface area is 86.2 Å². The van der Waals surface area contributed by atoms with Crippen LogP contribution in [0.4, 0.5) is 14.5 Å². The van der Waals surface area contributed by atoms with Gasteiger partial charge in [-0.15, -0.1) is 0 Å². The van der Waals surface area contributed by atoms with E-state index in [1.165, 1.54) is 12.1 Å². The lowest BCUT2D eigenvalue weighted by Crippen LogP contribution is -1.96. The molecular formula is C12H9F2N. The average molecular weight is 205 g/mol. The molecule has 0 aliphatic carbocycles. The van der Waals surface area contributed by atoms with Crippen molar-refractivity contribution in [1.29, 1.82) is 0 Å². The molecule has 3 heteroatoms. The molecule has 0 aliphatic rings. The van der Waals surface area contributed by atoms with E-state index in [4.69, 9.17) is 5.73 Å². The summed E-state index contributed by atoms with van der Waals surface area (Å²) in [5.41, 5.74) is 5.94. The number of rotatable bonds is 1. The number of benzene rings is 2. The van der Waals surface area contributed by atoms with Gasteiger partial charge in [0.15, 0.2) is 11.6 Å². The zero-order valence-electron chi connectivity index (χ0n) is 7.87. The maximum Gasteiger partial charge on any atom is 0.182 e. The molecule has 15 heavy (non-hydrogen) atoms. The molecule has 0 heterocycles. The lowest BCUT2D eigenvalue weighted by Gasteiger charge is -2.05. The topological polar surface area (TPSA) is 26.0 Å². The fraction of sp³-hybridized carbons (Fsp3) is 0. The monoisotopic (exact) mass is 205 g/mol. The minimum Gasteiger partial charge on any atom is -0.396 e. The first-order valence-electron chi connectivity index (χ1n) is 4.49. The van der Waals surface area contributed by atoms with Gasteiger partial charge in [-0.3, -0.25) is 0 Å². The standard InChI is InChI=1S/C12H9F2N/c13-11-9(6-7-10(15)12(11)14)8-4-2-1-3-5-8/h1-7H,15H2. The van der Waals surface area contributed by atoms with Gasteiger partial charge in [0.25, 0.3) is 0 Å². The Morgan fingerprint density at radius 2 is 1.47 bits per heavy atom. The van der Waals surface area contributed by atoms with Crippen LogP contribution in [0.15, 0.2) is 42.5 Å². The van der Waals surface area contributed by atoms with Gasteiger partial charge in [-0.1, -0.05) is 30.3 Å². The third-order valence-electron chi connectivity index (χ3n) is 2.20. The largest absolute Gasteiger partial charge is 0.396 e. The average Bonchev–Trinajstić information content (AvgIpc) is 2.27. The molecule has 0 aliphatic heterocycles. The van der Waals surface area contributed by atoms with Crippen LogP contribution in [-0.2, 0) is 0 Å². The molecule has 0 atom stereocenters. The molecule has 2 rings (SSSR count). The van der Waals surface area contributed by atoms with E-state index in [2.05, 4.69) is 0 Å². The first-order valence-corrected chi connectivity index (χ1v) is 4.49. The Hall–Kier alpha value is -1.90. The molecule has 0 bridgehead atoms. The summed E-state index contributed by atoms with van der Waals surface area (Å²) >= 11 is 0. The fourth-order valence-corrected chi connectivity index (χ4v) is 1.41. The zero-order chi connectivity index (χ0) is 10.8. The Morgan fingerprint density at radius 3 is 2.13 bits per heavy atom. The van der Waals surface area contributed by atoms with Gasteiger partial charge in [-0.25, -0.2) is 8.78 Å². The second kappa shape index (κ2) is 3.69. The summed E-state index contributed by atoms with van der Waals surface area (Å²) in [6, 6.07) is 11.6. The first kappa shape index (κ1) is 9.65. The highest BCUT2D eigenvalue weighted by Gasteiger charge is 2.12. The quantitative estimate of drug-likeness (QED) is 0.711. The van der Waals surface area contributed by atoms with Gasteiger partial charge >= 0.3 is 0 Å². The minimum atomic E-state index is -0.989. The summed E-state index contributed by atoms with van der Waals surface area (Å²) < 4.78 is 26.7. The van der Waals surface area contributed by atoms with Crippen molar-refractivity contribution in [2.45, 2.75) is 0 Å². The smallest absolute Gasteiger partial charge is 0.182 e. The van der Waals surface area contributed by atoms with Crippen LogP contribution in [0.3, 0.4) is 0 Å². The van der Waals surface area contributed by atoms with Crippen LogP contribution in [0.5, 0.6) is 0 Å². The lowest BCUT2D eigenvalue weighted by atomic mass is 10.0. The lowest BCUT2D eigenvalue weighted by molar-refractivity contribution is 0.514. The fourth-order valence-electron chi connectivity index (χ4n) is 1.41. The van der Waals surface area contributed by atoms with Crippen LogP contribution in [0.1, 0.15) is 0 Å². The van der Waals surface area contributed by atoms with Gasteiger partial charge in [0.2, 0.25) is 0 Å². The second-order valence-corrected chi connectivity index (χ2v) is 3.20.